The highest BCUT2D eigenvalue weighted by molar-refractivity contribution is 5.34. The molecule has 0 radical (unpaired) electrons. The molecule has 1 aromatic heterocycles. The molecule has 4 heteroatoms. The number of nitrogens with one attached hydrogen (secondary N) is 1. The summed E-state index contributed by atoms with van der Waals surface area (Å²) in [5.74, 6) is 0.930. The molecule has 1 atom stereocenters. The largest absolute Gasteiger partial charge is 0.366 e. The van der Waals surface area contributed by atoms with E-state index in [2.05, 4.69) is 15.2 Å². The van der Waals surface area contributed by atoms with Crippen LogP contribution in [0, 0.1) is 0 Å². The highest BCUT2D eigenvalue weighted by Crippen LogP contribution is 2.14. The van der Waals surface area contributed by atoms with Gasteiger partial charge in [0.1, 0.15) is 5.82 Å². The van der Waals surface area contributed by atoms with Crippen molar-refractivity contribution in [2.75, 3.05) is 31.6 Å². The lowest BCUT2D eigenvalue weighted by Gasteiger charge is -2.16. The summed E-state index contributed by atoms with van der Waals surface area (Å²) in [5, 5.41) is 3.40. The van der Waals surface area contributed by atoms with E-state index < -0.39 is 0 Å². The van der Waals surface area contributed by atoms with Crippen molar-refractivity contribution in [2.24, 2.45) is 0 Å². The van der Waals surface area contributed by atoms with Gasteiger partial charge in [0.25, 0.3) is 0 Å². The SMILES string of the molecule is FCCCN1CC[C@H](Nc2ccccn2)C1. The van der Waals surface area contributed by atoms with Crippen LogP contribution in [0.15, 0.2) is 24.4 Å². The molecule has 1 aromatic rings. The number of aromatic nitrogens is 1. The topological polar surface area (TPSA) is 28.2 Å². The van der Waals surface area contributed by atoms with E-state index in [9.17, 15) is 4.39 Å². The molecular weight excluding hydrogens is 205 g/mol. The lowest BCUT2D eigenvalue weighted by atomic mass is 10.2. The van der Waals surface area contributed by atoms with Gasteiger partial charge in [-0.25, -0.2) is 4.98 Å². The minimum absolute atomic E-state index is 0.213. The first-order valence-corrected chi connectivity index (χ1v) is 5.84. The molecule has 2 rings (SSSR count). The van der Waals surface area contributed by atoms with E-state index in [4.69, 9.17) is 0 Å². The number of rotatable bonds is 5. The maximum Gasteiger partial charge on any atom is 0.126 e. The zero-order valence-corrected chi connectivity index (χ0v) is 9.40. The fraction of sp³-hybridized carbons (Fsp3) is 0.583. The average Bonchev–Trinajstić information content (AvgIpc) is 2.75. The third-order valence-electron chi connectivity index (χ3n) is 2.90. The van der Waals surface area contributed by atoms with E-state index >= 15 is 0 Å². The second kappa shape index (κ2) is 5.80. The van der Waals surface area contributed by atoms with Gasteiger partial charge in [0.05, 0.1) is 6.67 Å². The fourth-order valence-corrected chi connectivity index (χ4v) is 2.09. The Balaban J connectivity index is 1.76. The molecule has 2 heterocycles. The van der Waals surface area contributed by atoms with Gasteiger partial charge in [-0.3, -0.25) is 4.39 Å². The molecule has 88 valence electrons. The Morgan fingerprint density at radius 1 is 1.50 bits per heavy atom. The molecule has 1 fully saturated rings. The van der Waals surface area contributed by atoms with Gasteiger partial charge in [-0.1, -0.05) is 6.07 Å². The molecular formula is C12H18FN3. The maximum atomic E-state index is 12.0. The number of nitrogens with zero attached hydrogens (tertiary/aromatic N) is 2. The van der Waals surface area contributed by atoms with Gasteiger partial charge in [-0.15, -0.1) is 0 Å². The Labute approximate surface area is 95.7 Å². The van der Waals surface area contributed by atoms with Crippen molar-refractivity contribution < 1.29 is 4.39 Å². The predicted octanol–water partition coefficient (Wildman–Crippen LogP) is 1.93. The van der Waals surface area contributed by atoms with Crippen molar-refractivity contribution in [3.8, 4) is 0 Å². The van der Waals surface area contributed by atoms with E-state index in [-0.39, 0.29) is 6.67 Å². The highest BCUT2D eigenvalue weighted by Gasteiger charge is 2.21. The predicted molar refractivity (Wildman–Crippen MR) is 63.3 cm³/mol. The number of anilines is 1. The molecule has 0 aliphatic carbocycles. The van der Waals surface area contributed by atoms with E-state index in [1.807, 2.05) is 18.2 Å². The van der Waals surface area contributed by atoms with Gasteiger partial charge < -0.3 is 10.2 Å². The van der Waals surface area contributed by atoms with Gasteiger partial charge >= 0.3 is 0 Å². The molecule has 0 saturated carbocycles. The van der Waals surface area contributed by atoms with Crippen molar-refractivity contribution in [1.29, 1.82) is 0 Å². The molecule has 16 heavy (non-hydrogen) atoms. The molecule has 0 aromatic carbocycles. The average molecular weight is 223 g/mol. The maximum absolute atomic E-state index is 12.0. The zero-order chi connectivity index (χ0) is 11.2. The monoisotopic (exact) mass is 223 g/mol. The molecule has 3 nitrogen and oxygen atoms in total. The van der Waals surface area contributed by atoms with Crippen molar-refractivity contribution in [3.63, 3.8) is 0 Å². The van der Waals surface area contributed by atoms with Crippen LogP contribution in [0.3, 0.4) is 0 Å². The first-order chi connectivity index (χ1) is 7.88. The first-order valence-electron chi connectivity index (χ1n) is 5.84. The first kappa shape index (κ1) is 11.3. The summed E-state index contributed by atoms with van der Waals surface area (Å²) < 4.78 is 12.0. The van der Waals surface area contributed by atoms with E-state index in [0.29, 0.717) is 12.5 Å². The molecule has 1 saturated heterocycles. The van der Waals surface area contributed by atoms with Crippen molar-refractivity contribution in [1.82, 2.24) is 9.88 Å². The Hall–Kier alpha value is -1.16. The highest BCUT2D eigenvalue weighted by atomic mass is 19.1. The minimum atomic E-state index is -0.213. The third-order valence-corrected chi connectivity index (χ3v) is 2.90. The number of halogens is 1. The van der Waals surface area contributed by atoms with E-state index in [1.54, 1.807) is 6.20 Å². The Morgan fingerprint density at radius 2 is 2.44 bits per heavy atom. The Kier molecular flexibility index (Phi) is 4.10. The van der Waals surface area contributed by atoms with Gasteiger partial charge in [0, 0.05) is 31.9 Å². The number of pyridine rings is 1. The Morgan fingerprint density at radius 3 is 3.19 bits per heavy atom. The van der Waals surface area contributed by atoms with E-state index in [1.165, 1.54) is 0 Å². The van der Waals surface area contributed by atoms with Gasteiger partial charge in [-0.05, 0) is 25.0 Å². The summed E-state index contributed by atoms with van der Waals surface area (Å²) in [6.07, 6.45) is 3.55. The summed E-state index contributed by atoms with van der Waals surface area (Å²) in [6.45, 7) is 2.72. The molecule has 1 N–H and O–H groups in total. The normalized spacial score (nSPS) is 21.2. The number of hydrogen-bond donors (Lipinski definition) is 1. The van der Waals surface area contributed by atoms with Crippen LogP contribution in [-0.2, 0) is 0 Å². The van der Waals surface area contributed by atoms with Gasteiger partial charge in [0.2, 0.25) is 0 Å². The van der Waals surface area contributed by atoms with Crippen molar-refractivity contribution in [3.05, 3.63) is 24.4 Å². The number of likely N-dealkylation sites (tertiary alicyclic amines) is 1. The summed E-state index contributed by atoms with van der Waals surface area (Å²) >= 11 is 0. The molecule has 0 spiro atoms. The zero-order valence-electron chi connectivity index (χ0n) is 9.40. The van der Waals surface area contributed by atoms with Crippen LogP contribution < -0.4 is 5.32 Å². The molecule has 0 unspecified atom stereocenters. The van der Waals surface area contributed by atoms with Crippen LogP contribution in [0.1, 0.15) is 12.8 Å². The van der Waals surface area contributed by atoms with E-state index in [0.717, 1.165) is 31.9 Å². The second-order valence-corrected chi connectivity index (χ2v) is 4.19. The summed E-state index contributed by atoms with van der Waals surface area (Å²) in [6, 6.07) is 6.32. The van der Waals surface area contributed by atoms with Crippen LogP contribution >= 0.6 is 0 Å². The van der Waals surface area contributed by atoms with Crippen LogP contribution in [-0.4, -0.2) is 42.2 Å². The quantitative estimate of drug-likeness (QED) is 0.826. The number of hydrogen-bond acceptors (Lipinski definition) is 3. The van der Waals surface area contributed by atoms with Crippen molar-refractivity contribution in [2.45, 2.75) is 18.9 Å². The van der Waals surface area contributed by atoms with Crippen LogP contribution in [0.25, 0.3) is 0 Å². The molecule has 1 aliphatic rings. The molecule has 0 bridgehead atoms. The van der Waals surface area contributed by atoms with Crippen LogP contribution in [0.4, 0.5) is 10.2 Å². The fourth-order valence-electron chi connectivity index (χ4n) is 2.09. The van der Waals surface area contributed by atoms with Crippen LogP contribution in [0.2, 0.25) is 0 Å². The van der Waals surface area contributed by atoms with Crippen molar-refractivity contribution >= 4 is 5.82 Å². The minimum Gasteiger partial charge on any atom is -0.366 e. The third kappa shape index (κ3) is 3.17. The molecule has 1 aliphatic heterocycles. The molecule has 0 amide bonds. The smallest absolute Gasteiger partial charge is 0.126 e. The standard InChI is InChI=1S/C12H18FN3/c13-6-3-8-16-9-5-11(10-16)15-12-4-1-2-7-14-12/h1-2,4,7,11H,3,5-6,8-10H2,(H,14,15)/t11-/m0/s1. The lowest BCUT2D eigenvalue weighted by Crippen LogP contribution is -2.27. The lowest BCUT2D eigenvalue weighted by molar-refractivity contribution is 0.310. The number of alkyl halides is 1. The summed E-state index contributed by atoms with van der Waals surface area (Å²) in [7, 11) is 0. The van der Waals surface area contributed by atoms with Gasteiger partial charge in [0.15, 0.2) is 0 Å². The Bertz CT molecular complexity index is 304. The summed E-state index contributed by atoms with van der Waals surface area (Å²) in [4.78, 5) is 6.55. The summed E-state index contributed by atoms with van der Waals surface area (Å²) in [5.41, 5.74) is 0. The van der Waals surface area contributed by atoms with Crippen LogP contribution in [0.5, 0.6) is 0 Å². The second-order valence-electron chi connectivity index (χ2n) is 4.19. The van der Waals surface area contributed by atoms with Gasteiger partial charge in [-0.2, -0.15) is 0 Å².